The number of nitrogens with one attached hydrogen (secondary N) is 3. The van der Waals surface area contributed by atoms with Crippen molar-refractivity contribution in [2.24, 2.45) is 0 Å². The van der Waals surface area contributed by atoms with Crippen LogP contribution in [0.25, 0.3) is 0 Å². The third kappa shape index (κ3) is 5.53. The fraction of sp³-hybridized carbons (Fsp3) is 0.222. The summed E-state index contributed by atoms with van der Waals surface area (Å²) in [4.78, 5) is 23.8. The molecule has 7 nitrogen and oxygen atoms in total. The van der Waals surface area contributed by atoms with Gasteiger partial charge in [0, 0.05) is 0 Å². The van der Waals surface area contributed by atoms with E-state index >= 15 is 0 Å². The number of alkyl halides is 3. The van der Waals surface area contributed by atoms with Crippen molar-refractivity contribution >= 4 is 17.6 Å². The third-order valence-electron chi connectivity index (χ3n) is 3.52. The second kappa shape index (κ2) is 8.98. The molecule has 28 heavy (non-hydrogen) atoms. The van der Waals surface area contributed by atoms with Gasteiger partial charge in [-0.15, -0.1) is 0 Å². The molecule has 2 rings (SSSR count). The zero-order valence-corrected chi connectivity index (χ0v) is 15.0. The van der Waals surface area contributed by atoms with Crippen molar-refractivity contribution in [1.82, 2.24) is 10.9 Å². The van der Waals surface area contributed by atoms with Crippen molar-refractivity contribution in [2.45, 2.75) is 19.2 Å². The van der Waals surface area contributed by atoms with Crippen LogP contribution in [0, 0.1) is 0 Å². The van der Waals surface area contributed by atoms with E-state index in [0.29, 0.717) is 11.5 Å². The Balaban J connectivity index is 1.91. The Kier molecular flexibility index (Phi) is 6.69. The van der Waals surface area contributed by atoms with Gasteiger partial charge >= 0.3 is 12.2 Å². The van der Waals surface area contributed by atoms with Gasteiger partial charge in [-0.25, -0.2) is 10.2 Å². The Bertz CT molecular complexity index is 843. The molecule has 0 aliphatic carbocycles. The molecule has 0 bridgehead atoms. The van der Waals surface area contributed by atoms with Gasteiger partial charge in [-0.3, -0.25) is 10.2 Å². The molecule has 10 heteroatoms. The van der Waals surface area contributed by atoms with Crippen LogP contribution in [0.2, 0.25) is 0 Å². The molecule has 150 valence electrons. The van der Waals surface area contributed by atoms with Crippen LogP contribution in [0.15, 0.2) is 48.5 Å². The lowest BCUT2D eigenvalue weighted by Crippen LogP contribution is -2.48. The van der Waals surface area contributed by atoms with Crippen molar-refractivity contribution in [1.29, 1.82) is 0 Å². The highest BCUT2D eigenvalue weighted by Gasteiger charge is 2.33. The van der Waals surface area contributed by atoms with E-state index in [1.165, 1.54) is 26.2 Å². The molecule has 0 saturated carbocycles. The Labute approximate surface area is 158 Å². The van der Waals surface area contributed by atoms with Crippen LogP contribution in [0.1, 0.15) is 12.5 Å². The average Bonchev–Trinajstić information content (AvgIpc) is 2.66. The number of halogens is 3. The van der Waals surface area contributed by atoms with E-state index < -0.39 is 35.5 Å². The lowest BCUT2D eigenvalue weighted by Gasteiger charge is -2.17. The number of methoxy groups -OCH3 is 1. The molecule has 0 heterocycles. The first-order chi connectivity index (χ1) is 13.2. The number of carbonyl (C=O) groups is 2. The monoisotopic (exact) mass is 397 g/mol. The van der Waals surface area contributed by atoms with Gasteiger partial charge in [0.1, 0.15) is 0 Å². The van der Waals surface area contributed by atoms with E-state index in [9.17, 15) is 22.8 Å². The summed E-state index contributed by atoms with van der Waals surface area (Å²) < 4.78 is 49.3. The van der Waals surface area contributed by atoms with Crippen molar-refractivity contribution in [3.63, 3.8) is 0 Å². The van der Waals surface area contributed by atoms with Gasteiger partial charge in [0.25, 0.3) is 5.91 Å². The molecule has 3 N–H and O–H groups in total. The summed E-state index contributed by atoms with van der Waals surface area (Å²) in [6, 6.07) is 10.1. The molecular formula is C18H18F3N3O4. The molecule has 0 aromatic heterocycles. The summed E-state index contributed by atoms with van der Waals surface area (Å²) in [5.41, 5.74) is 2.59. The number of hydrogen-bond donors (Lipinski definition) is 3. The average molecular weight is 397 g/mol. The topological polar surface area (TPSA) is 88.7 Å². The summed E-state index contributed by atoms with van der Waals surface area (Å²) in [5.74, 6) is 0.0120. The second-order valence-corrected chi connectivity index (χ2v) is 5.52. The summed E-state index contributed by atoms with van der Waals surface area (Å²) in [5, 5.41) is 2.03. The minimum atomic E-state index is -4.63. The molecule has 2 aromatic carbocycles. The molecule has 0 spiro atoms. The number of urea groups is 1. The Morgan fingerprint density at radius 3 is 2.21 bits per heavy atom. The highest BCUT2D eigenvalue weighted by Crippen LogP contribution is 2.34. The van der Waals surface area contributed by atoms with Crippen LogP contribution >= 0.6 is 0 Å². The molecule has 2 aromatic rings. The summed E-state index contributed by atoms with van der Waals surface area (Å²) in [6.07, 6.45) is -5.65. The van der Waals surface area contributed by atoms with Gasteiger partial charge in [-0.2, -0.15) is 13.2 Å². The normalized spacial score (nSPS) is 11.9. The number of hydrazine groups is 1. The number of hydrogen-bond acceptors (Lipinski definition) is 4. The SMILES string of the molecule is COc1ccccc1O[C@@H](C)C(=O)NNC(=O)Nc1ccccc1C(F)(F)F. The van der Waals surface area contributed by atoms with Gasteiger partial charge in [0.05, 0.1) is 18.4 Å². The molecule has 0 saturated heterocycles. The maximum absolute atomic E-state index is 12.9. The molecular weight excluding hydrogens is 379 g/mol. The van der Waals surface area contributed by atoms with Crippen molar-refractivity contribution < 1.29 is 32.2 Å². The van der Waals surface area contributed by atoms with E-state index in [4.69, 9.17) is 9.47 Å². The van der Waals surface area contributed by atoms with E-state index in [1.54, 1.807) is 24.3 Å². The maximum Gasteiger partial charge on any atom is 0.418 e. The van der Waals surface area contributed by atoms with Gasteiger partial charge in [0.2, 0.25) is 0 Å². The standard InChI is InChI=1S/C18H18F3N3O4/c1-11(28-15-10-6-5-9-14(15)27-2)16(25)23-24-17(26)22-13-8-4-3-7-12(13)18(19,20)21/h3-11H,1-2H3,(H,23,25)(H2,22,24,26)/t11-/m0/s1. The molecule has 1 atom stereocenters. The number of ether oxygens (including phenoxy) is 2. The van der Waals surface area contributed by atoms with Gasteiger partial charge < -0.3 is 14.8 Å². The number of para-hydroxylation sites is 3. The van der Waals surface area contributed by atoms with E-state index in [2.05, 4.69) is 5.43 Å². The molecule has 0 unspecified atom stereocenters. The zero-order valence-electron chi connectivity index (χ0n) is 15.0. The Morgan fingerprint density at radius 1 is 0.964 bits per heavy atom. The van der Waals surface area contributed by atoms with Crippen LogP contribution in [-0.2, 0) is 11.0 Å². The fourth-order valence-electron chi connectivity index (χ4n) is 2.17. The van der Waals surface area contributed by atoms with Crippen molar-refractivity contribution in [2.75, 3.05) is 12.4 Å². The van der Waals surface area contributed by atoms with Gasteiger partial charge in [-0.05, 0) is 31.2 Å². The van der Waals surface area contributed by atoms with Crippen molar-refractivity contribution in [3.05, 3.63) is 54.1 Å². The predicted molar refractivity (Wildman–Crippen MR) is 94.8 cm³/mol. The van der Waals surface area contributed by atoms with Crippen LogP contribution in [0.5, 0.6) is 11.5 Å². The number of rotatable bonds is 5. The largest absolute Gasteiger partial charge is 0.493 e. The molecule has 0 aliphatic rings. The fourth-order valence-corrected chi connectivity index (χ4v) is 2.17. The van der Waals surface area contributed by atoms with Gasteiger partial charge in [0.15, 0.2) is 17.6 Å². The minimum absolute atomic E-state index is 0.316. The second-order valence-electron chi connectivity index (χ2n) is 5.52. The lowest BCUT2D eigenvalue weighted by atomic mass is 10.1. The summed E-state index contributed by atoms with van der Waals surface area (Å²) in [7, 11) is 1.44. The van der Waals surface area contributed by atoms with E-state index in [0.717, 1.165) is 12.1 Å². The Morgan fingerprint density at radius 2 is 1.57 bits per heavy atom. The van der Waals surface area contributed by atoms with Crippen LogP contribution in [0.3, 0.4) is 0 Å². The van der Waals surface area contributed by atoms with Crippen LogP contribution in [-0.4, -0.2) is 25.2 Å². The van der Waals surface area contributed by atoms with E-state index in [1.807, 2.05) is 10.7 Å². The maximum atomic E-state index is 12.9. The predicted octanol–water partition coefficient (Wildman–Crippen LogP) is 3.33. The molecule has 0 radical (unpaired) electrons. The first kappa shape index (κ1) is 20.9. The molecule has 0 aliphatic heterocycles. The number of amides is 3. The van der Waals surface area contributed by atoms with Crippen LogP contribution < -0.4 is 25.6 Å². The molecule has 3 amide bonds. The third-order valence-corrected chi connectivity index (χ3v) is 3.52. The smallest absolute Gasteiger partial charge is 0.418 e. The molecule has 0 fully saturated rings. The van der Waals surface area contributed by atoms with E-state index in [-0.39, 0.29) is 0 Å². The number of carbonyl (C=O) groups excluding carboxylic acids is 2. The highest BCUT2D eigenvalue weighted by atomic mass is 19.4. The van der Waals surface area contributed by atoms with Crippen molar-refractivity contribution in [3.8, 4) is 11.5 Å². The van der Waals surface area contributed by atoms with Crippen LogP contribution in [0.4, 0.5) is 23.7 Å². The summed E-state index contributed by atoms with van der Waals surface area (Å²) in [6.45, 7) is 1.43. The van der Waals surface area contributed by atoms with Gasteiger partial charge in [-0.1, -0.05) is 24.3 Å². The number of benzene rings is 2. The highest BCUT2D eigenvalue weighted by molar-refractivity contribution is 5.92. The lowest BCUT2D eigenvalue weighted by molar-refractivity contribution is -0.137. The first-order valence-electron chi connectivity index (χ1n) is 8.05. The number of anilines is 1. The minimum Gasteiger partial charge on any atom is -0.493 e. The zero-order chi connectivity index (χ0) is 20.7. The Hall–Kier alpha value is -3.43. The summed E-state index contributed by atoms with van der Waals surface area (Å²) >= 11 is 0. The quantitative estimate of drug-likeness (QED) is 0.676. The first-order valence-corrected chi connectivity index (χ1v) is 8.05.